The summed E-state index contributed by atoms with van der Waals surface area (Å²) in [4.78, 5) is 4.11. The average Bonchev–Trinajstić information content (AvgIpc) is 2.94. The van der Waals surface area contributed by atoms with Crippen molar-refractivity contribution in [1.29, 1.82) is 0 Å². The van der Waals surface area contributed by atoms with Gasteiger partial charge in [-0.15, -0.1) is 0 Å². The molecule has 1 aliphatic heterocycles. The van der Waals surface area contributed by atoms with Gasteiger partial charge in [-0.1, -0.05) is 6.07 Å². The van der Waals surface area contributed by atoms with E-state index in [1.54, 1.807) is 18.7 Å². The fourth-order valence-electron chi connectivity index (χ4n) is 2.12. The topological polar surface area (TPSA) is 44.5 Å². The number of aromatic nitrogens is 1. The van der Waals surface area contributed by atoms with Crippen molar-refractivity contribution in [2.45, 2.75) is 38.9 Å². The second-order valence-corrected chi connectivity index (χ2v) is 6.07. The summed E-state index contributed by atoms with van der Waals surface area (Å²) in [6.45, 7) is 8.10. The van der Waals surface area contributed by atoms with Gasteiger partial charge in [0.2, 0.25) is 0 Å². The second-order valence-electron chi connectivity index (χ2n) is 6.07. The third-order valence-corrected chi connectivity index (χ3v) is 4.10. The zero-order valence-corrected chi connectivity index (χ0v) is 12.2. The van der Waals surface area contributed by atoms with E-state index in [2.05, 4.69) is 4.98 Å². The minimum Gasteiger partial charge on any atom is -0.472 e. The minimum absolute atomic E-state index is 0.362. The van der Waals surface area contributed by atoms with Crippen LogP contribution in [0.25, 0.3) is 11.1 Å². The predicted molar refractivity (Wildman–Crippen MR) is 77.7 cm³/mol. The summed E-state index contributed by atoms with van der Waals surface area (Å²) in [6.07, 6.45) is 5.26. The van der Waals surface area contributed by atoms with E-state index in [1.807, 2.05) is 45.9 Å². The highest BCUT2D eigenvalue weighted by molar-refractivity contribution is 6.60. The van der Waals surface area contributed by atoms with Crippen molar-refractivity contribution in [3.63, 3.8) is 0 Å². The van der Waals surface area contributed by atoms with Crippen molar-refractivity contribution in [1.82, 2.24) is 4.98 Å². The van der Waals surface area contributed by atoms with E-state index in [0.29, 0.717) is 5.66 Å². The molecule has 2 aromatic rings. The number of hydrogen-bond acceptors (Lipinski definition) is 4. The first-order chi connectivity index (χ1) is 9.39. The largest absolute Gasteiger partial charge is 0.532 e. The molecule has 0 N–H and O–H groups in total. The van der Waals surface area contributed by atoms with Gasteiger partial charge in [0.1, 0.15) is 5.66 Å². The monoisotopic (exact) mass is 271 g/mol. The third-order valence-electron chi connectivity index (χ3n) is 4.10. The Morgan fingerprint density at radius 1 is 1.05 bits per heavy atom. The van der Waals surface area contributed by atoms with Crippen LogP contribution in [0.4, 0.5) is 0 Å². The Morgan fingerprint density at radius 3 is 2.35 bits per heavy atom. The number of nitrogens with zero attached hydrogens (tertiary/aromatic N) is 1. The van der Waals surface area contributed by atoms with E-state index in [4.69, 9.17) is 13.7 Å². The predicted octanol–water partition coefficient (Wildman–Crippen LogP) is 2.64. The molecule has 4 nitrogen and oxygen atoms in total. The molecule has 5 heteroatoms. The highest BCUT2D eigenvalue weighted by Crippen LogP contribution is 2.36. The fraction of sp³-hybridized carbons (Fsp3) is 0.400. The van der Waals surface area contributed by atoms with Gasteiger partial charge in [0.15, 0.2) is 0 Å². The Kier molecular flexibility index (Phi) is 2.99. The lowest BCUT2D eigenvalue weighted by Gasteiger charge is -2.32. The van der Waals surface area contributed by atoms with Gasteiger partial charge >= 0.3 is 7.12 Å². The molecule has 1 aliphatic rings. The summed E-state index contributed by atoms with van der Waals surface area (Å²) < 4.78 is 17.5. The van der Waals surface area contributed by atoms with Crippen molar-refractivity contribution in [2.24, 2.45) is 0 Å². The van der Waals surface area contributed by atoms with Crippen molar-refractivity contribution in [3.05, 3.63) is 36.9 Å². The molecule has 0 saturated carbocycles. The number of hydrogen-bond donors (Lipinski definition) is 0. The summed E-state index contributed by atoms with van der Waals surface area (Å²) >= 11 is 0. The smallest absolute Gasteiger partial charge is 0.472 e. The molecule has 0 aromatic carbocycles. The van der Waals surface area contributed by atoms with Gasteiger partial charge in [0.25, 0.3) is 0 Å². The van der Waals surface area contributed by atoms with E-state index in [-0.39, 0.29) is 11.2 Å². The van der Waals surface area contributed by atoms with Gasteiger partial charge in [-0.05, 0) is 39.8 Å². The average molecular weight is 271 g/mol. The highest BCUT2D eigenvalue weighted by atomic mass is 16.7. The molecule has 104 valence electrons. The van der Waals surface area contributed by atoms with Crippen LogP contribution in [0.5, 0.6) is 0 Å². The molecule has 0 spiro atoms. The first-order valence-corrected chi connectivity index (χ1v) is 6.73. The molecule has 1 saturated heterocycles. The maximum Gasteiger partial charge on any atom is 0.532 e. The summed E-state index contributed by atoms with van der Waals surface area (Å²) in [5.41, 5.74) is 1.95. The molecule has 3 rings (SSSR count). The van der Waals surface area contributed by atoms with Crippen LogP contribution in [0.1, 0.15) is 27.7 Å². The van der Waals surface area contributed by atoms with E-state index in [0.717, 1.165) is 11.1 Å². The summed E-state index contributed by atoms with van der Waals surface area (Å²) in [6, 6.07) is 5.84. The van der Waals surface area contributed by atoms with Crippen LogP contribution in [-0.2, 0) is 9.31 Å². The minimum atomic E-state index is -0.467. The molecular formula is C15H18BNO3. The molecule has 0 aliphatic carbocycles. The Bertz CT molecular complexity index is 591. The van der Waals surface area contributed by atoms with Gasteiger partial charge in [0, 0.05) is 23.5 Å². The quantitative estimate of drug-likeness (QED) is 0.787. The van der Waals surface area contributed by atoms with Crippen molar-refractivity contribution in [3.8, 4) is 11.1 Å². The Balaban J connectivity index is 1.86. The number of pyridine rings is 1. The molecule has 20 heavy (non-hydrogen) atoms. The molecule has 0 amide bonds. The van der Waals surface area contributed by atoms with Crippen LogP contribution in [0.2, 0.25) is 0 Å². The van der Waals surface area contributed by atoms with Crippen LogP contribution in [-0.4, -0.2) is 23.3 Å². The molecule has 2 aromatic heterocycles. The Labute approximate surface area is 119 Å². The number of rotatable bonds is 2. The van der Waals surface area contributed by atoms with Crippen molar-refractivity contribution in [2.75, 3.05) is 0 Å². The summed E-state index contributed by atoms with van der Waals surface area (Å²) in [5.74, 6) is 0. The van der Waals surface area contributed by atoms with Gasteiger partial charge in [-0.2, -0.15) is 0 Å². The highest BCUT2D eigenvalue weighted by Gasteiger charge is 2.53. The molecule has 0 radical (unpaired) electrons. The van der Waals surface area contributed by atoms with Crippen LogP contribution in [0.3, 0.4) is 0 Å². The molecule has 0 unspecified atom stereocenters. The SMILES string of the molecule is CC1(C)OB(c2cc(-c3cccnc3)co2)OC1(C)C. The van der Waals surface area contributed by atoms with E-state index >= 15 is 0 Å². The maximum atomic E-state index is 5.97. The number of furan rings is 1. The second kappa shape index (κ2) is 4.47. The zero-order valence-electron chi connectivity index (χ0n) is 12.2. The lowest BCUT2D eigenvalue weighted by Crippen LogP contribution is -2.41. The summed E-state index contributed by atoms with van der Waals surface area (Å²) in [5, 5.41) is 0. The van der Waals surface area contributed by atoms with Crippen molar-refractivity contribution >= 4 is 12.8 Å². The zero-order chi connectivity index (χ0) is 14.4. The molecule has 0 atom stereocenters. The molecule has 3 heterocycles. The third kappa shape index (κ3) is 2.17. The standard InChI is InChI=1S/C15H18BNO3/c1-14(2)15(3,4)20-16(19-14)13-8-12(10-18-13)11-6-5-7-17-9-11/h5-10H,1-4H3. The molecule has 0 bridgehead atoms. The first kappa shape index (κ1) is 13.4. The Hall–Kier alpha value is -1.59. The molecule has 1 fully saturated rings. The fourth-order valence-corrected chi connectivity index (χ4v) is 2.12. The first-order valence-electron chi connectivity index (χ1n) is 6.73. The van der Waals surface area contributed by atoms with Crippen molar-refractivity contribution < 1.29 is 13.7 Å². The lowest BCUT2D eigenvalue weighted by molar-refractivity contribution is 0.00578. The Morgan fingerprint density at radius 2 is 1.75 bits per heavy atom. The van der Waals surface area contributed by atoms with Crippen LogP contribution in [0, 0.1) is 0 Å². The van der Waals surface area contributed by atoms with Gasteiger partial charge in [-0.25, -0.2) is 0 Å². The maximum absolute atomic E-state index is 5.97. The molecular weight excluding hydrogens is 253 g/mol. The van der Waals surface area contributed by atoms with Gasteiger partial charge in [0.05, 0.1) is 17.5 Å². The normalized spacial score (nSPS) is 20.3. The van der Waals surface area contributed by atoms with Gasteiger partial charge < -0.3 is 13.7 Å². The van der Waals surface area contributed by atoms with E-state index in [1.165, 1.54) is 0 Å². The van der Waals surface area contributed by atoms with Crippen LogP contribution < -0.4 is 5.66 Å². The van der Waals surface area contributed by atoms with Crippen LogP contribution >= 0.6 is 0 Å². The lowest BCUT2D eigenvalue weighted by atomic mass is 9.85. The van der Waals surface area contributed by atoms with Crippen LogP contribution in [0.15, 0.2) is 41.3 Å². The van der Waals surface area contributed by atoms with Gasteiger partial charge in [-0.3, -0.25) is 4.98 Å². The van der Waals surface area contributed by atoms with E-state index in [9.17, 15) is 0 Å². The summed E-state index contributed by atoms with van der Waals surface area (Å²) in [7, 11) is -0.467. The van der Waals surface area contributed by atoms with E-state index < -0.39 is 7.12 Å².